The first-order valence-electron chi connectivity index (χ1n) is 14.7. The highest BCUT2D eigenvalue weighted by molar-refractivity contribution is 7.22. The van der Waals surface area contributed by atoms with Crippen molar-refractivity contribution in [3.05, 3.63) is 87.4 Å². The number of methoxy groups -OCH3 is 1. The minimum absolute atomic E-state index is 0.0979. The Bertz CT molecular complexity index is 1880. The van der Waals surface area contributed by atoms with Crippen LogP contribution in [0.1, 0.15) is 16.7 Å². The molecule has 2 aliphatic heterocycles. The summed E-state index contributed by atoms with van der Waals surface area (Å²) in [7, 11) is 1.58. The Hall–Kier alpha value is -4.54. The number of hydrogen-bond donors (Lipinski definition) is 2. The number of nitrogens with two attached hydrogens (primary N) is 1. The maximum absolute atomic E-state index is 14.2. The highest BCUT2D eigenvalue weighted by atomic mass is 35.5. The SMILES string of the molecule is C#CCN(C(=O)NCc1ccc(Cl)c(Cl)c1)N1CC(=O)N2[C@@H](Cc3ccc(OC)cc3)C(=O)N(Cc3cccc4sc(N)nc34)C[C@@H]21. The maximum Gasteiger partial charge on any atom is 0.333 e. The van der Waals surface area contributed by atoms with E-state index in [4.69, 9.17) is 40.1 Å². The lowest BCUT2D eigenvalue weighted by Crippen LogP contribution is -2.66. The number of carbonyl (C=O) groups excluding carboxylic acids is 3. The number of nitrogen functional groups attached to an aromatic ring is 1. The number of halogens is 2. The number of nitrogens with one attached hydrogen (secondary N) is 1. The number of hydrogen-bond acceptors (Lipinski definition) is 8. The number of benzene rings is 3. The van der Waals surface area contributed by atoms with Crippen LogP contribution in [0.3, 0.4) is 0 Å². The second-order valence-corrected chi connectivity index (χ2v) is 13.0. The number of hydrazine groups is 1. The molecule has 2 fully saturated rings. The van der Waals surface area contributed by atoms with Gasteiger partial charge in [-0.1, -0.05) is 70.8 Å². The summed E-state index contributed by atoms with van der Waals surface area (Å²) < 4.78 is 6.21. The number of terminal acetylenes is 1. The molecule has 3 N–H and O–H groups in total. The number of thiazole rings is 1. The number of amides is 4. The normalized spacial score (nSPS) is 17.9. The molecule has 4 amide bonds. The number of rotatable bonds is 9. The average Bonchev–Trinajstić information content (AvgIpc) is 3.61. The van der Waals surface area contributed by atoms with Gasteiger partial charge in [-0.2, -0.15) is 5.01 Å². The lowest BCUT2D eigenvalue weighted by atomic mass is 9.99. The fourth-order valence-corrected chi connectivity index (χ4v) is 7.12. The number of para-hydroxylation sites is 1. The summed E-state index contributed by atoms with van der Waals surface area (Å²) in [4.78, 5) is 49.4. The van der Waals surface area contributed by atoms with Crippen molar-refractivity contribution in [2.45, 2.75) is 31.7 Å². The van der Waals surface area contributed by atoms with E-state index in [1.807, 2.05) is 42.5 Å². The Morgan fingerprint density at radius 2 is 1.91 bits per heavy atom. The van der Waals surface area contributed by atoms with Crippen molar-refractivity contribution < 1.29 is 19.1 Å². The monoisotopic (exact) mass is 691 g/mol. The third kappa shape index (κ3) is 6.66. The summed E-state index contributed by atoms with van der Waals surface area (Å²) in [6, 6.07) is 16.9. The van der Waals surface area contributed by atoms with Crippen molar-refractivity contribution in [2.75, 3.05) is 32.5 Å². The number of piperazine rings is 1. The summed E-state index contributed by atoms with van der Waals surface area (Å²) in [5.41, 5.74) is 9.16. The number of ether oxygens (including phenoxy) is 1. The van der Waals surface area contributed by atoms with E-state index in [1.165, 1.54) is 16.3 Å². The van der Waals surface area contributed by atoms with Crippen molar-refractivity contribution in [2.24, 2.45) is 0 Å². The van der Waals surface area contributed by atoms with Crippen molar-refractivity contribution in [3.63, 3.8) is 0 Å². The summed E-state index contributed by atoms with van der Waals surface area (Å²) >= 11 is 13.6. The van der Waals surface area contributed by atoms with E-state index in [9.17, 15) is 14.4 Å². The van der Waals surface area contributed by atoms with Crippen molar-refractivity contribution >= 4 is 67.7 Å². The zero-order valence-corrected chi connectivity index (χ0v) is 27.7. The molecule has 0 radical (unpaired) electrons. The lowest BCUT2D eigenvalue weighted by Gasteiger charge is -2.46. The number of anilines is 1. The summed E-state index contributed by atoms with van der Waals surface area (Å²) in [5, 5.41) is 7.07. The zero-order chi connectivity index (χ0) is 33.2. The maximum atomic E-state index is 14.2. The van der Waals surface area contributed by atoms with Crippen LogP contribution in [-0.4, -0.2) is 81.6 Å². The molecule has 2 aliphatic rings. The molecule has 47 heavy (non-hydrogen) atoms. The van der Waals surface area contributed by atoms with E-state index >= 15 is 0 Å². The lowest BCUT2D eigenvalue weighted by molar-refractivity contribution is -0.157. The largest absolute Gasteiger partial charge is 0.497 e. The molecule has 0 bridgehead atoms. The van der Waals surface area contributed by atoms with Gasteiger partial charge in [0.25, 0.3) is 0 Å². The van der Waals surface area contributed by atoms with Crippen molar-refractivity contribution in [1.29, 1.82) is 0 Å². The Kier molecular flexibility index (Phi) is 9.42. The fourth-order valence-electron chi connectivity index (χ4n) is 6.02. The second kappa shape index (κ2) is 13.7. The minimum atomic E-state index is -0.827. The first-order chi connectivity index (χ1) is 22.7. The second-order valence-electron chi connectivity index (χ2n) is 11.2. The molecule has 14 heteroatoms. The molecular formula is C33H31Cl2N7O4S. The Morgan fingerprint density at radius 3 is 2.64 bits per heavy atom. The van der Waals surface area contributed by atoms with Crippen LogP contribution in [-0.2, 0) is 29.1 Å². The van der Waals surface area contributed by atoms with Crippen LogP contribution in [0.5, 0.6) is 5.75 Å². The van der Waals surface area contributed by atoms with Gasteiger partial charge in [-0.25, -0.2) is 14.8 Å². The summed E-state index contributed by atoms with van der Waals surface area (Å²) in [6.45, 7) is 0.299. The molecular weight excluding hydrogens is 661 g/mol. The highest BCUT2D eigenvalue weighted by Crippen LogP contribution is 2.33. The minimum Gasteiger partial charge on any atom is -0.497 e. The number of nitrogens with zero attached hydrogens (tertiary/aromatic N) is 5. The first-order valence-corrected chi connectivity index (χ1v) is 16.3. The predicted octanol–water partition coefficient (Wildman–Crippen LogP) is 4.38. The Labute approximate surface area is 285 Å². The molecule has 3 heterocycles. The third-order valence-electron chi connectivity index (χ3n) is 8.25. The predicted molar refractivity (Wildman–Crippen MR) is 182 cm³/mol. The summed E-state index contributed by atoms with van der Waals surface area (Å²) in [5.74, 6) is 2.73. The quantitative estimate of drug-likeness (QED) is 0.250. The van der Waals surface area contributed by atoms with Gasteiger partial charge in [0.05, 0.1) is 47.0 Å². The fraction of sp³-hybridized carbons (Fsp3) is 0.273. The van der Waals surface area contributed by atoms with E-state index < -0.39 is 18.2 Å². The molecule has 6 rings (SSSR count). The van der Waals surface area contributed by atoms with Gasteiger partial charge in [0.15, 0.2) is 5.13 Å². The molecule has 1 aromatic heterocycles. The molecule has 4 aromatic rings. The highest BCUT2D eigenvalue weighted by Gasteiger charge is 2.52. The van der Waals surface area contributed by atoms with Crippen LogP contribution in [0.15, 0.2) is 60.7 Å². The molecule has 0 saturated carbocycles. The van der Waals surface area contributed by atoms with Crippen LogP contribution in [0.4, 0.5) is 9.93 Å². The smallest absolute Gasteiger partial charge is 0.333 e. The van der Waals surface area contributed by atoms with Crippen LogP contribution in [0, 0.1) is 12.3 Å². The van der Waals surface area contributed by atoms with Crippen molar-refractivity contribution in [1.82, 2.24) is 30.1 Å². The molecule has 0 spiro atoms. The van der Waals surface area contributed by atoms with Gasteiger partial charge in [0.2, 0.25) is 11.8 Å². The number of fused-ring (bicyclic) bond motifs is 2. The third-order valence-corrected chi connectivity index (χ3v) is 9.84. The van der Waals surface area contributed by atoms with Gasteiger partial charge >= 0.3 is 6.03 Å². The Morgan fingerprint density at radius 1 is 1.15 bits per heavy atom. The molecule has 2 atom stereocenters. The number of urea groups is 1. The molecule has 11 nitrogen and oxygen atoms in total. The van der Waals surface area contributed by atoms with Crippen LogP contribution < -0.4 is 15.8 Å². The first kappa shape index (κ1) is 32.4. The molecule has 3 aromatic carbocycles. The standard InChI is InChI=1S/C33H31Cl2N7O4S/c1-3-13-40(33(45)37-16-21-9-12-24(34)25(35)14-21)41-19-29(43)42-26(15-20-7-10-23(46-2)11-8-20)31(44)39(18-28(41)42)17-22-5-4-6-27-30(22)38-32(36)47-27/h1,4-12,14,26,28H,13,15-19H2,2H3,(H2,36,38)(H,37,45)/t26-,28+/m0/s1. The molecule has 242 valence electrons. The van der Waals surface area contributed by atoms with Gasteiger partial charge < -0.3 is 25.6 Å². The van der Waals surface area contributed by atoms with Gasteiger partial charge in [0.1, 0.15) is 18.0 Å². The average molecular weight is 693 g/mol. The van der Waals surface area contributed by atoms with Gasteiger partial charge in [-0.15, -0.1) is 6.42 Å². The van der Waals surface area contributed by atoms with E-state index in [1.54, 1.807) is 40.1 Å². The number of carbonyl (C=O) groups is 3. The van der Waals surface area contributed by atoms with Crippen LogP contribution in [0.2, 0.25) is 10.0 Å². The zero-order valence-electron chi connectivity index (χ0n) is 25.4. The Balaban J connectivity index is 1.31. The van der Waals surface area contributed by atoms with Gasteiger partial charge in [-0.3, -0.25) is 9.59 Å². The molecule has 0 aliphatic carbocycles. The van der Waals surface area contributed by atoms with E-state index in [2.05, 4.69) is 16.2 Å². The van der Waals surface area contributed by atoms with Crippen molar-refractivity contribution in [3.8, 4) is 18.1 Å². The molecule has 2 saturated heterocycles. The molecule has 0 unspecified atom stereocenters. The van der Waals surface area contributed by atoms with Crippen LogP contribution >= 0.6 is 34.5 Å². The van der Waals surface area contributed by atoms with E-state index in [-0.39, 0.29) is 51.0 Å². The number of aromatic nitrogens is 1. The van der Waals surface area contributed by atoms with Crippen LogP contribution in [0.25, 0.3) is 10.2 Å². The van der Waals surface area contributed by atoms with Gasteiger partial charge in [0, 0.05) is 19.5 Å². The van der Waals surface area contributed by atoms with E-state index in [0.29, 0.717) is 20.9 Å². The topological polar surface area (TPSA) is 124 Å². The van der Waals surface area contributed by atoms with Gasteiger partial charge in [-0.05, 0) is 47.0 Å². The summed E-state index contributed by atoms with van der Waals surface area (Å²) in [6.07, 6.45) is 5.33. The van der Waals surface area contributed by atoms with E-state index in [0.717, 1.165) is 26.9 Å².